The van der Waals surface area contributed by atoms with E-state index in [0.29, 0.717) is 31.8 Å². The third-order valence-corrected chi connectivity index (χ3v) is 6.75. The number of methoxy groups -OCH3 is 1. The van der Waals surface area contributed by atoms with Gasteiger partial charge in [-0.15, -0.1) is 0 Å². The van der Waals surface area contributed by atoms with E-state index in [2.05, 4.69) is 35.4 Å². The number of rotatable bonds is 5. The number of nitrogens with one attached hydrogen (secondary N) is 1. The SMILES string of the molecule is COc1cc(-c2nn(C)nc2CN2CCNC3(CCN(c4nc(C)cc(C)n4)CC3)C2=O)ccn1. The van der Waals surface area contributed by atoms with Crippen molar-refractivity contribution < 1.29 is 9.53 Å². The van der Waals surface area contributed by atoms with Crippen LogP contribution in [-0.2, 0) is 18.4 Å². The first kappa shape index (κ1) is 23.2. The number of carbonyl (C=O) groups is 1. The first-order valence-electron chi connectivity index (χ1n) is 11.9. The summed E-state index contributed by atoms with van der Waals surface area (Å²) in [7, 11) is 3.37. The second kappa shape index (κ2) is 9.21. The Morgan fingerprint density at radius 3 is 2.54 bits per heavy atom. The molecule has 1 N–H and O–H groups in total. The van der Waals surface area contributed by atoms with Crippen LogP contribution in [0.15, 0.2) is 24.4 Å². The maximum Gasteiger partial charge on any atom is 0.243 e. The third kappa shape index (κ3) is 4.55. The molecule has 2 aliphatic rings. The van der Waals surface area contributed by atoms with Gasteiger partial charge in [0.2, 0.25) is 17.7 Å². The zero-order valence-corrected chi connectivity index (χ0v) is 20.7. The highest BCUT2D eigenvalue weighted by atomic mass is 16.5. The first-order valence-corrected chi connectivity index (χ1v) is 11.9. The molecule has 3 aromatic heterocycles. The van der Waals surface area contributed by atoms with Crippen molar-refractivity contribution in [2.24, 2.45) is 7.05 Å². The molecule has 1 amide bonds. The number of hydrogen-bond acceptors (Lipinski definition) is 9. The van der Waals surface area contributed by atoms with Gasteiger partial charge in [-0.3, -0.25) is 4.79 Å². The monoisotopic (exact) mass is 477 g/mol. The van der Waals surface area contributed by atoms with Gasteiger partial charge in [-0.25, -0.2) is 15.0 Å². The molecule has 11 heteroatoms. The van der Waals surface area contributed by atoms with Gasteiger partial charge >= 0.3 is 0 Å². The van der Waals surface area contributed by atoms with E-state index in [4.69, 9.17) is 4.74 Å². The zero-order chi connectivity index (χ0) is 24.6. The van der Waals surface area contributed by atoms with Crippen LogP contribution in [-0.4, -0.2) is 79.6 Å². The summed E-state index contributed by atoms with van der Waals surface area (Å²) < 4.78 is 5.27. The van der Waals surface area contributed by atoms with Crippen LogP contribution in [0.3, 0.4) is 0 Å². The molecule has 184 valence electrons. The van der Waals surface area contributed by atoms with Crippen molar-refractivity contribution in [3.8, 4) is 17.1 Å². The van der Waals surface area contributed by atoms with Crippen molar-refractivity contribution >= 4 is 11.9 Å². The number of aromatic nitrogens is 6. The first-order chi connectivity index (χ1) is 16.9. The fourth-order valence-electron chi connectivity index (χ4n) is 5.02. The summed E-state index contributed by atoms with van der Waals surface area (Å²) in [5.74, 6) is 1.37. The summed E-state index contributed by atoms with van der Waals surface area (Å²) in [4.78, 5) is 32.8. The maximum atomic E-state index is 13.7. The molecule has 0 saturated carbocycles. The number of aryl methyl sites for hydroxylation is 3. The number of pyridine rings is 1. The minimum atomic E-state index is -0.574. The van der Waals surface area contributed by atoms with Crippen LogP contribution in [0.4, 0.5) is 5.95 Å². The van der Waals surface area contributed by atoms with E-state index in [1.807, 2.05) is 36.9 Å². The smallest absolute Gasteiger partial charge is 0.243 e. The lowest BCUT2D eigenvalue weighted by Crippen LogP contribution is -2.67. The fourth-order valence-corrected chi connectivity index (χ4v) is 5.02. The number of ether oxygens (including phenoxy) is 1. The quantitative estimate of drug-likeness (QED) is 0.580. The molecule has 0 atom stereocenters. The highest BCUT2D eigenvalue weighted by Gasteiger charge is 2.46. The number of nitrogens with zero attached hydrogens (tertiary/aromatic N) is 8. The van der Waals surface area contributed by atoms with E-state index in [1.165, 1.54) is 0 Å². The highest BCUT2D eigenvalue weighted by Crippen LogP contribution is 2.30. The van der Waals surface area contributed by atoms with Gasteiger partial charge in [-0.2, -0.15) is 15.0 Å². The zero-order valence-electron chi connectivity index (χ0n) is 20.7. The van der Waals surface area contributed by atoms with E-state index in [0.717, 1.165) is 53.9 Å². The molecule has 0 bridgehead atoms. The molecular weight excluding hydrogens is 446 g/mol. The summed E-state index contributed by atoms with van der Waals surface area (Å²) in [6, 6.07) is 5.68. The predicted octanol–water partition coefficient (Wildman–Crippen LogP) is 1.26. The van der Waals surface area contributed by atoms with Gasteiger partial charge in [-0.05, 0) is 38.8 Å². The second-order valence-electron chi connectivity index (χ2n) is 9.24. The van der Waals surface area contributed by atoms with Crippen LogP contribution in [0, 0.1) is 13.8 Å². The summed E-state index contributed by atoms with van der Waals surface area (Å²) in [6.07, 6.45) is 3.09. The van der Waals surface area contributed by atoms with E-state index < -0.39 is 5.54 Å². The van der Waals surface area contributed by atoms with Gasteiger partial charge < -0.3 is 19.9 Å². The molecular formula is C24H31N9O2. The van der Waals surface area contributed by atoms with Crippen molar-refractivity contribution in [1.29, 1.82) is 0 Å². The summed E-state index contributed by atoms with van der Waals surface area (Å²) in [6.45, 7) is 7.18. The number of hydrogen-bond donors (Lipinski definition) is 1. The average molecular weight is 478 g/mol. The molecule has 11 nitrogen and oxygen atoms in total. The van der Waals surface area contributed by atoms with E-state index in [9.17, 15) is 4.79 Å². The van der Waals surface area contributed by atoms with Crippen molar-refractivity contribution in [3.63, 3.8) is 0 Å². The minimum Gasteiger partial charge on any atom is -0.481 e. The van der Waals surface area contributed by atoms with Gasteiger partial charge in [0.15, 0.2) is 0 Å². The molecule has 3 aromatic rings. The Balaban J connectivity index is 1.32. The predicted molar refractivity (Wildman–Crippen MR) is 130 cm³/mol. The van der Waals surface area contributed by atoms with Crippen molar-refractivity contribution in [1.82, 2.24) is 40.2 Å². The number of anilines is 1. The van der Waals surface area contributed by atoms with E-state index in [1.54, 1.807) is 25.2 Å². The van der Waals surface area contributed by atoms with Crippen LogP contribution >= 0.6 is 0 Å². The topological polar surface area (TPSA) is 114 Å². The standard InChI is InChI=1S/C24H31N9O2/c1-16-13-17(2)28-23(27-16)32-10-6-24(7-11-32)22(34)33(12-9-26-24)15-19-21(30-31(3)29-19)18-5-8-25-20(14-18)35-4/h5,8,13-14,26H,6-7,9-12,15H2,1-4H3. The Morgan fingerprint density at radius 2 is 1.83 bits per heavy atom. The van der Waals surface area contributed by atoms with Gasteiger partial charge in [-0.1, -0.05) is 0 Å². The molecule has 1 spiro atoms. The molecule has 0 aromatic carbocycles. The molecule has 5 rings (SSSR count). The lowest BCUT2D eigenvalue weighted by atomic mass is 9.84. The molecule has 0 radical (unpaired) electrons. The van der Waals surface area contributed by atoms with Crippen LogP contribution < -0.4 is 15.0 Å². The van der Waals surface area contributed by atoms with Crippen LogP contribution in [0.25, 0.3) is 11.3 Å². The Morgan fingerprint density at radius 1 is 1.09 bits per heavy atom. The summed E-state index contributed by atoms with van der Waals surface area (Å²) in [5.41, 5.74) is 3.69. The normalized spacial score (nSPS) is 17.8. The van der Waals surface area contributed by atoms with Gasteiger partial charge in [0.25, 0.3) is 0 Å². The second-order valence-corrected chi connectivity index (χ2v) is 9.24. The van der Waals surface area contributed by atoms with E-state index in [-0.39, 0.29) is 5.91 Å². The van der Waals surface area contributed by atoms with Crippen molar-refractivity contribution in [2.45, 2.75) is 38.8 Å². The molecule has 0 unspecified atom stereocenters. The Kier molecular flexibility index (Phi) is 6.10. The molecule has 2 saturated heterocycles. The molecule has 35 heavy (non-hydrogen) atoms. The summed E-state index contributed by atoms with van der Waals surface area (Å²) in [5, 5.41) is 12.7. The van der Waals surface area contributed by atoms with Crippen LogP contribution in [0.5, 0.6) is 5.88 Å². The van der Waals surface area contributed by atoms with Gasteiger partial charge in [0.1, 0.15) is 16.9 Å². The van der Waals surface area contributed by atoms with E-state index >= 15 is 0 Å². The number of piperazine rings is 1. The van der Waals surface area contributed by atoms with Crippen molar-refractivity contribution in [2.75, 3.05) is 38.2 Å². The largest absolute Gasteiger partial charge is 0.481 e. The Hall–Kier alpha value is -3.60. The molecule has 2 fully saturated rings. The Labute approximate surface area is 204 Å². The lowest BCUT2D eigenvalue weighted by Gasteiger charge is -2.46. The minimum absolute atomic E-state index is 0.119. The number of carbonyl (C=O) groups excluding carboxylic acids is 1. The number of piperidine rings is 1. The third-order valence-electron chi connectivity index (χ3n) is 6.75. The molecule has 5 heterocycles. The molecule has 0 aliphatic carbocycles. The van der Waals surface area contributed by atoms with Crippen LogP contribution in [0.2, 0.25) is 0 Å². The Bertz CT molecular complexity index is 1210. The van der Waals surface area contributed by atoms with Crippen LogP contribution in [0.1, 0.15) is 29.9 Å². The summed E-state index contributed by atoms with van der Waals surface area (Å²) >= 11 is 0. The average Bonchev–Trinajstić information content (AvgIpc) is 3.22. The van der Waals surface area contributed by atoms with Gasteiger partial charge in [0, 0.05) is 62.4 Å². The van der Waals surface area contributed by atoms with Crippen molar-refractivity contribution in [3.05, 3.63) is 41.5 Å². The maximum absolute atomic E-state index is 13.7. The number of amides is 1. The highest BCUT2D eigenvalue weighted by molar-refractivity contribution is 5.87. The van der Waals surface area contributed by atoms with Gasteiger partial charge in [0.05, 0.1) is 13.7 Å². The fraction of sp³-hybridized carbons (Fsp3) is 0.500. The molecule has 2 aliphatic heterocycles. The lowest BCUT2D eigenvalue weighted by molar-refractivity contribution is -0.143.